The first-order chi connectivity index (χ1) is 12.5. The Labute approximate surface area is 151 Å². The van der Waals surface area contributed by atoms with Gasteiger partial charge < -0.3 is 10.2 Å². The normalized spacial score (nSPS) is 19.8. The average Bonchev–Trinajstić information content (AvgIpc) is 3.11. The van der Waals surface area contributed by atoms with Gasteiger partial charge in [0.05, 0.1) is 0 Å². The predicted molar refractivity (Wildman–Crippen MR) is 96.6 cm³/mol. The van der Waals surface area contributed by atoms with E-state index in [1.165, 1.54) is 0 Å². The molecule has 1 saturated heterocycles. The maximum absolute atomic E-state index is 12.8. The number of hydrogen-bond acceptors (Lipinski definition) is 3. The molecule has 1 fully saturated rings. The van der Waals surface area contributed by atoms with Gasteiger partial charge in [-0.15, -0.1) is 0 Å². The van der Waals surface area contributed by atoms with Crippen LogP contribution in [-0.2, 0) is 10.3 Å². The summed E-state index contributed by atoms with van der Waals surface area (Å²) in [6.45, 7) is 5.07. The highest BCUT2D eigenvalue weighted by atomic mass is 16.2. The third-order valence-electron chi connectivity index (χ3n) is 5.21. The molecular formula is C20H19N3O3. The van der Waals surface area contributed by atoms with Crippen molar-refractivity contribution in [3.63, 3.8) is 0 Å². The number of fused-ring (bicyclic) bond motifs is 5. The van der Waals surface area contributed by atoms with Gasteiger partial charge >= 0.3 is 6.03 Å². The van der Waals surface area contributed by atoms with E-state index in [0.717, 1.165) is 16.7 Å². The Morgan fingerprint density at radius 2 is 1.69 bits per heavy atom. The van der Waals surface area contributed by atoms with E-state index in [9.17, 15) is 14.4 Å². The molecule has 2 aromatic rings. The number of nitrogens with zero attached hydrogens (tertiary/aromatic N) is 1. The van der Waals surface area contributed by atoms with Crippen molar-refractivity contribution in [2.45, 2.75) is 19.4 Å². The number of rotatable bonds is 3. The number of nitrogens with one attached hydrogen (secondary N) is 2. The lowest BCUT2D eigenvalue weighted by Gasteiger charge is -2.24. The molecule has 26 heavy (non-hydrogen) atoms. The van der Waals surface area contributed by atoms with Crippen LogP contribution in [0.25, 0.3) is 11.1 Å². The molecule has 2 N–H and O–H groups in total. The molecule has 1 unspecified atom stereocenters. The van der Waals surface area contributed by atoms with Crippen LogP contribution in [0.5, 0.6) is 0 Å². The van der Waals surface area contributed by atoms with Crippen molar-refractivity contribution in [1.29, 1.82) is 0 Å². The van der Waals surface area contributed by atoms with Crippen molar-refractivity contribution in [3.05, 3.63) is 59.2 Å². The fraction of sp³-hybridized carbons (Fsp3) is 0.250. The van der Waals surface area contributed by atoms with Crippen LogP contribution in [0.3, 0.4) is 0 Å². The Balaban J connectivity index is 1.93. The molecule has 4 amide bonds. The summed E-state index contributed by atoms with van der Waals surface area (Å²) in [5.74, 6) is -0.505. The second kappa shape index (κ2) is 5.69. The van der Waals surface area contributed by atoms with Crippen LogP contribution in [0.2, 0.25) is 0 Å². The van der Waals surface area contributed by atoms with Crippen LogP contribution >= 0.6 is 0 Å². The lowest BCUT2D eigenvalue weighted by molar-refractivity contribution is -0.122. The Morgan fingerprint density at radius 3 is 2.35 bits per heavy atom. The number of amides is 4. The summed E-state index contributed by atoms with van der Waals surface area (Å²) in [7, 11) is 0. The average molecular weight is 349 g/mol. The maximum atomic E-state index is 12.8. The zero-order chi connectivity index (χ0) is 18.5. The van der Waals surface area contributed by atoms with Crippen molar-refractivity contribution >= 4 is 17.8 Å². The molecule has 1 heterocycles. The number of carbonyl (C=O) groups excluding carboxylic acids is 3. The third-order valence-corrected chi connectivity index (χ3v) is 5.21. The molecule has 1 aliphatic carbocycles. The summed E-state index contributed by atoms with van der Waals surface area (Å²) < 4.78 is 0. The topological polar surface area (TPSA) is 78.5 Å². The molecule has 132 valence electrons. The molecule has 4 rings (SSSR count). The van der Waals surface area contributed by atoms with Gasteiger partial charge in [0.2, 0.25) is 0 Å². The first-order valence-corrected chi connectivity index (χ1v) is 8.70. The number of urea groups is 1. The smallest absolute Gasteiger partial charge is 0.322 e. The van der Waals surface area contributed by atoms with Crippen molar-refractivity contribution in [2.24, 2.45) is 0 Å². The highest BCUT2D eigenvalue weighted by molar-refractivity contribution is 6.13. The minimum Gasteiger partial charge on any atom is -0.339 e. The minimum absolute atomic E-state index is 0.0892. The molecule has 1 atom stereocenters. The van der Waals surface area contributed by atoms with Gasteiger partial charge in [0, 0.05) is 24.2 Å². The standard InChI is InChI=1S/C20H19N3O3/c1-3-23(4-2)17(24)12-9-10-14-13-7-5-6-8-15(13)20(16(14)11-12)18(25)21-19(26)22-20/h5-11H,3-4H2,1-2H3,(H2,21,22,25,26). The van der Waals surface area contributed by atoms with E-state index in [1.807, 2.05) is 44.2 Å². The van der Waals surface area contributed by atoms with E-state index in [1.54, 1.807) is 17.0 Å². The second-order valence-electron chi connectivity index (χ2n) is 6.44. The van der Waals surface area contributed by atoms with E-state index >= 15 is 0 Å². The van der Waals surface area contributed by atoms with Crippen LogP contribution in [0, 0.1) is 0 Å². The number of hydrogen-bond donors (Lipinski definition) is 2. The Bertz CT molecular complexity index is 949. The lowest BCUT2D eigenvalue weighted by Crippen LogP contribution is -2.43. The molecular weight excluding hydrogens is 330 g/mol. The molecule has 6 nitrogen and oxygen atoms in total. The van der Waals surface area contributed by atoms with Crippen molar-refractivity contribution in [1.82, 2.24) is 15.5 Å². The zero-order valence-corrected chi connectivity index (χ0v) is 14.6. The molecule has 6 heteroatoms. The largest absolute Gasteiger partial charge is 0.339 e. The van der Waals surface area contributed by atoms with E-state index in [2.05, 4.69) is 10.6 Å². The van der Waals surface area contributed by atoms with E-state index in [0.29, 0.717) is 24.2 Å². The molecule has 1 spiro atoms. The molecule has 1 aliphatic heterocycles. The van der Waals surface area contributed by atoms with Crippen molar-refractivity contribution in [2.75, 3.05) is 13.1 Å². The SMILES string of the molecule is CCN(CC)C(=O)c1ccc2c(c1)C1(NC(=O)NC1=O)c1ccccc1-2. The minimum atomic E-state index is -1.28. The first-order valence-electron chi connectivity index (χ1n) is 8.70. The highest BCUT2D eigenvalue weighted by Gasteiger charge is 2.54. The van der Waals surface area contributed by atoms with E-state index in [4.69, 9.17) is 0 Å². The quantitative estimate of drug-likeness (QED) is 0.834. The van der Waals surface area contributed by atoms with Crippen LogP contribution in [0.15, 0.2) is 42.5 Å². The van der Waals surface area contributed by atoms with Gasteiger partial charge in [0.15, 0.2) is 5.54 Å². The maximum Gasteiger partial charge on any atom is 0.322 e. The van der Waals surface area contributed by atoms with Crippen LogP contribution in [0.1, 0.15) is 35.3 Å². The van der Waals surface area contributed by atoms with Gasteiger partial charge in [0.1, 0.15) is 0 Å². The van der Waals surface area contributed by atoms with Crippen molar-refractivity contribution in [3.8, 4) is 11.1 Å². The summed E-state index contributed by atoms with van der Waals surface area (Å²) in [5, 5.41) is 5.13. The number of imide groups is 1. The van der Waals surface area contributed by atoms with Crippen LogP contribution < -0.4 is 10.6 Å². The summed E-state index contributed by atoms with van der Waals surface area (Å²) in [4.78, 5) is 39.2. The molecule has 0 saturated carbocycles. The molecule has 0 aromatic heterocycles. The lowest BCUT2D eigenvalue weighted by atomic mass is 9.87. The number of benzene rings is 2. The fourth-order valence-electron chi connectivity index (χ4n) is 3.94. The van der Waals surface area contributed by atoms with Gasteiger partial charge in [-0.05, 0) is 42.7 Å². The Morgan fingerprint density at radius 1 is 1.00 bits per heavy atom. The highest BCUT2D eigenvalue weighted by Crippen LogP contribution is 2.49. The van der Waals surface area contributed by atoms with Crippen molar-refractivity contribution < 1.29 is 14.4 Å². The Hall–Kier alpha value is -3.15. The summed E-state index contributed by atoms with van der Waals surface area (Å²) in [5.41, 5.74) is 2.35. The van der Waals surface area contributed by atoms with E-state index < -0.39 is 17.5 Å². The summed E-state index contributed by atoms with van der Waals surface area (Å²) >= 11 is 0. The zero-order valence-electron chi connectivity index (χ0n) is 14.6. The van der Waals surface area contributed by atoms with Gasteiger partial charge in [-0.25, -0.2) is 4.79 Å². The third kappa shape index (κ3) is 2.02. The van der Waals surface area contributed by atoms with Gasteiger partial charge in [-0.2, -0.15) is 0 Å². The number of carbonyl (C=O) groups is 3. The van der Waals surface area contributed by atoms with Crippen LogP contribution in [-0.4, -0.2) is 35.8 Å². The van der Waals surface area contributed by atoms with Gasteiger partial charge in [-0.3, -0.25) is 14.9 Å². The molecule has 0 bridgehead atoms. The summed E-state index contributed by atoms with van der Waals surface area (Å²) in [6.07, 6.45) is 0. The van der Waals surface area contributed by atoms with Gasteiger partial charge in [-0.1, -0.05) is 30.3 Å². The molecule has 2 aliphatic rings. The monoisotopic (exact) mass is 349 g/mol. The predicted octanol–water partition coefficient (Wildman–Crippen LogP) is 2.23. The summed E-state index contributed by atoms with van der Waals surface area (Å²) in [6, 6.07) is 12.3. The Kier molecular flexibility index (Phi) is 3.57. The molecule has 0 radical (unpaired) electrons. The van der Waals surface area contributed by atoms with Gasteiger partial charge in [0.25, 0.3) is 11.8 Å². The fourth-order valence-corrected chi connectivity index (χ4v) is 3.94. The first kappa shape index (κ1) is 16.3. The second-order valence-corrected chi connectivity index (χ2v) is 6.44. The molecule has 2 aromatic carbocycles. The van der Waals surface area contributed by atoms with Crippen LogP contribution in [0.4, 0.5) is 4.79 Å². The van der Waals surface area contributed by atoms with E-state index in [-0.39, 0.29) is 5.91 Å².